The molecule has 0 N–H and O–H groups in total. The molecule has 0 fully saturated rings. The Labute approximate surface area is 569 Å². The molecule has 2 aromatic heterocycles. The minimum Gasteiger partial charge on any atom is -0.444 e. The van der Waals surface area contributed by atoms with Crippen LogP contribution in [0.15, 0.2) is 255 Å². The van der Waals surface area contributed by atoms with Crippen LogP contribution in [0.1, 0.15) is 34.7 Å². The largest absolute Gasteiger partial charge is 0.444 e. The fraction of sp³-hybridized carbons (Fsp3) is 0.0750. The molecule has 0 aliphatic carbocycles. The van der Waals surface area contributed by atoms with Gasteiger partial charge in [-0.3, -0.25) is 19.2 Å². The fourth-order valence-electron chi connectivity index (χ4n) is 12.5. The number of carbonyl (C=O) groups is 3. The summed E-state index contributed by atoms with van der Waals surface area (Å²) in [5.74, 6) is -2.14. The first-order chi connectivity index (χ1) is 47.7. The highest BCUT2D eigenvalue weighted by molar-refractivity contribution is 7.00. The van der Waals surface area contributed by atoms with E-state index in [0.717, 1.165) is 113 Å². The van der Waals surface area contributed by atoms with Crippen LogP contribution in [0.4, 0.5) is 50.3 Å². The molecule has 0 saturated heterocycles. The van der Waals surface area contributed by atoms with Crippen LogP contribution in [0.5, 0.6) is 0 Å². The molecule has 472 valence electrons. The number of nitriles is 1. The van der Waals surface area contributed by atoms with Gasteiger partial charge in [-0.15, -0.1) is 0 Å². The average molecular weight is 1320 g/mol. The van der Waals surface area contributed by atoms with Crippen molar-refractivity contribution in [3.05, 3.63) is 289 Å². The number of hydrogen-bond acceptors (Lipinski definition) is 17. The van der Waals surface area contributed by atoms with Gasteiger partial charge in [-0.2, -0.15) is 27.7 Å². The number of aromatic nitrogens is 4. The van der Waals surface area contributed by atoms with E-state index < -0.39 is 34.3 Å². The maximum atomic E-state index is 14.1. The van der Waals surface area contributed by atoms with Crippen LogP contribution < -0.4 is 26.0 Å². The molecule has 98 heavy (non-hydrogen) atoms. The fourth-order valence-corrected chi connectivity index (χ4v) is 13.6. The molecule has 1 aliphatic rings. The minimum atomic E-state index is -1.23. The molecule has 12 aromatic carbocycles. The lowest BCUT2D eigenvalue weighted by molar-refractivity contribution is -0.136. The molecule has 0 unspecified atom stereocenters. The summed E-state index contributed by atoms with van der Waals surface area (Å²) in [6.07, 6.45) is -1.23. The Bertz CT molecular complexity index is 5830. The number of aryl methyl sites for hydroxylation is 4. The first-order valence-corrected chi connectivity index (χ1v) is 32.8. The second-order valence-electron chi connectivity index (χ2n) is 24.1. The molecule has 1 aliphatic heterocycles. The van der Waals surface area contributed by atoms with Crippen LogP contribution in [0.3, 0.4) is 0 Å². The Balaban J connectivity index is 0.737. The van der Waals surface area contributed by atoms with Crippen molar-refractivity contribution in [3.63, 3.8) is 0 Å². The normalized spacial score (nSPS) is 13.2. The van der Waals surface area contributed by atoms with E-state index in [1.165, 1.54) is 18.1 Å². The van der Waals surface area contributed by atoms with Gasteiger partial charge in [0.1, 0.15) is 51.4 Å². The number of ether oxygens (including phenoxy) is 1. The van der Waals surface area contributed by atoms with Crippen molar-refractivity contribution >= 4 is 136 Å². The summed E-state index contributed by atoms with van der Waals surface area (Å²) in [6.45, 7) is 9.48. The minimum absolute atomic E-state index is 0.00822. The summed E-state index contributed by atoms with van der Waals surface area (Å²) in [5, 5.41) is 12.4. The highest BCUT2D eigenvalue weighted by Crippen LogP contribution is 2.45. The van der Waals surface area contributed by atoms with Crippen molar-refractivity contribution in [3.8, 4) is 39.4 Å². The van der Waals surface area contributed by atoms with Gasteiger partial charge in [0.25, 0.3) is 17.2 Å². The predicted molar refractivity (Wildman–Crippen MR) is 388 cm³/mol. The standard InChI is InChI=1S/C80H54N10O6S2/c1-45-11-24-56(25-12-45)88(57-26-13-46(2)14-27-57)58-30-20-51(21-31-58)62-35-37-68(75-72(62)85-98-87-75)83-73-64-41-53-18-19-54(40-55(53)42-65(64)76(91)77(73)92)63-39-48(4)17-38-69(63)89(59-28-15-47(3)16-29-59)60-32-22-52(23-33-60)61-34-36-67(74-71(61)84-97-86-74)82-70-49(5)66(43-81)78(93)90(79(70)94)80(95)96-44-50-9-7-6-8-10-50/h6-42H,44H2,1-5H3/b82-70-,83-73-. The topological polar surface area (TPSA) is 204 Å². The number of fused-ring (bicyclic) bond motifs is 4. The van der Waals surface area contributed by atoms with Crippen molar-refractivity contribution in [1.29, 1.82) is 5.26 Å². The lowest BCUT2D eigenvalue weighted by Crippen LogP contribution is -2.50. The maximum Gasteiger partial charge on any atom is 0.424 e. The smallest absolute Gasteiger partial charge is 0.424 e. The third kappa shape index (κ3) is 11.3. The Kier molecular flexibility index (Phi) is 15.9. The zero-order valence-electron chi connectivity index (χ0n) is 53.3. The van der Waals surface area contributed by atoms with Gasteiger partial charge >= 0.3 is 6.09 Å². The van der Waals surface area contributed by atoms with E-state index in [-0.39, 0.29) is 34.3 Å². The number of anilines is 6. The average Bonchev–Trinajstić information content (AvgIpc) is 1.06. The van der Waals surface area contributed by atoms with E-state index in [2.05, 4.69) is 169 Å². The van der Waals surface area contributed by atoms with E-state index in [9.17, 15) is 29.2 Å². The number of amides is 3. The second-order valence-corrected chi connectivity index (χ2v) is 25.2. The summed E-state index contributed by atoms with van der Waals surface area (Å²) >= 11 is 2.02. The first kappa shape index (κ1) is 61.6. The van der Waals surface area contributed by atoms with Gasteiger partial charge in [-0.1, -0.05) is 131 Å². The zero-order chi connectivity index (χ0) is 67.5. The molecule has 0 bridgehead atoms. The number of nitrogens with zero attached hydrogens (tertiary/aromatic N) is 10. The molecule has 14 aromatic rings. The van der Waals surface area contributed by atoms with Gasteiger partial charge in [0, 0.05) is 61.5 Å². The summed E-state index contributed by atoms with van der Waals surface area (Å²) in [5.41, 5.74) is 16.6. The third-order valence-electron chi connectivity index (χ3n) is 17.7. The number of rotatable bonds is 13. The van der Waals surface area contributed by atoms with Crippen LogP contribution >= 0.6 is 23.5 Å². The van der Waals surface area contributed by atoms with Gasteiger partial charge in [0.2, 0.25) is 5.43 Å². The van der Waals surface area contributed by atoms with E-state index in [1.807, 2.05) is 74.5 Å². The van der Waals surface area contributed by atoms with E-state index >= 15 is 0 Å². The third-order valence-corrected chi connectivity index (χ3v) is 18.7. The van der Waals surface area contributed by atoms with E-state index in [0.29, 0.717) is 43.6 Å². The summed E-state index contributed by atoms with van der Waals surface area (Å²) in [7, 11) is 0. The van der Waals surface area contributed by atoms with Crippen molar-refractivity contribution in [1.82, 2.24) is 22.4 Å². The molecule has 0 saturated carbocycles. The van der Waals surface area contributed by atoms with E-state index in [4.69, 9.17) is 14.1 Å². The van der Waals surface area contributed by atoms with Gasteiger partial charge in [0.15, 0.2) is 0 Å². The zero-order valence-corrected chi connectivity index (χ0v) is 54.9. The Morgan fingerprint density at radius 3 is 1.51 bits per heavy atom. The summed E-state index contributed by atoms with van der Waals surface area (Å²) < 4.78 is 24.0. The van der Waals surface area contributed by atoms with E-state index in [1.54, 1.807) is 42.5 Å². The van der Waals surface area contributed by atoms with Crippen LogP contribution in [0.2, 0.25) is 0 Å². The molecule has 0 spiro atoms. The Morgan fingerprint density at radius 2 is 0.959 bits per heavy atom. The van der Waals surface area contributed by atoms with Crippen LogP contribution in [0.25, 0.3) is 77.0 Å². The maximum absolute atomic E-state index is 14.1. The predicted octanol–water partition coefficient (Wildman–Crippen LogP) is 17.6. The second kappa shape index (κ2) is 25.3. The number of aliphatic imine (C=N–C) groups is 1. The van der Waals surface area contributed by atoms with Gasteiger partial charge in [0.05, 0.1) is 40.5 Å². The van der Waals surface area contributed by atoms with Crippen LogP contribution in [-0.4, -0.2) is 46.0 Å². The highest BCUT2D eigenvalue weighted by Gasteiger charge is 2.42. The monoisotopic (exact) mass is 1310 g/mol. The van der Waals surface area contributed by atoms with Crippen molar-refractivity contribution in [2.24, 2.45) is 9.98 Å². The number of imide groups is 3. The molecule has 3 amide bonds. The number of hydrogen-bond donors (Lipinski definition) is 0. The van der Waals surface area contributed by atoms with Gasteiger partial charge < -0.3 is 14.5 Å². The Morgan fingerprint density at radius 1 is 0.469 bits per heavy atom. The number of benzene rings is 11. The number of carbonyl (C=O) groups excluding carboxylic acids is 3. The molecular weight excluding hydrogens is 1260 g/mol. The van der Waals surface area contributed by atoms with Crippen molar-refractivity contribution < 1.29 is 19.1 Å². The van der Waals surface area contributed by atoms with Crippen molar-refractivity contribution in [2.75, 3.05) is 9.80 Å². The lowest BCUT2D eigenvalue weighted by Gasteiger charge is -2.28. The van der Waals surface area contributed by atoms with Crippen LogP contribution in [0, 0.1) is 39.0 Å². The molecular formula is C80H54N10O6S2. The molecule has 0 atom stereocenters. The summed E-state index contributed by atoms with van der Waals surface area (Å²) in [6, 6.07) is 75.7. The highest BCUT2D eigenvalue weighted by atomic mass is 32.1. The quantitative estimate of drug-likeness (QED) is 0.0779. The Hall–Kier alpha value is -12.6. The first-order valence-electron chi connectivity index (χ1n) is 31.3. The van der Waals surface area contributed by atoms with Gasteiger partial charge in [-0.25, -0.2) is 14.8 Å². The lowest BCUT2D eigenvalue weighted by atomic mass is 9.96. The molecule has 3 heterocycles. The summed E-state index contributed by atoms with van der Waals surface area (Å²) in [4.78, 5) is 83.3. The van der Waals surface area contributed by atoms with Gasteiger partial charge in [-0.05, 0) is 183 Å². The molecule has 15 rings (SSSR count). The van der Waals surface area contributed by atoms with Crippen molar-refractivity contribution in [2.45, 2.75) is 41.2 Å². The molecule has 18 heteroatoms. The SMILES string of the molecule is CC1=C(C#N)C(=O)N(C(=O)OCc2ccccc2)C(=O)/C1=N\c1ccc(-c2ccc(N(c3ccc(C)cc3)c3ccc(C)cc3-c3ccc4cc5/c(=N/c6ccc(-c7ccc(N(c8ccc(C)cc8)c8ccc(C)cc8)cc7)c7nsnc67)c(=O)c(=O)c5cc4c3)cc2)c2nsnc12. The molecule has 16 nitrogen and oxygen atoms in total. The molecule has 0 radical (unpaired) electrons. The van der Waals surface area contributed by atoms with Crippen LogP contribution in [-0.2, 0) is 20.9 Å².